The van der Waals surface area contributed by atoms with Crippen molar-refractivity contribution in [3.05, 3.63) is 90.0 Å². The van der Waals surface area contributed by atoms with Crippen LogP contribution in [0.25, 0.3) is 22.8 Å². The maximum Gasteiger partial charge on any atom is 0.258 e. The molecule has 0 aliphatic carbocycles. The Hall–Kier alpha value is -4.07. The maximum absolute atomic E-state index is 13.2. The molecule has 0 fully saturated rings. The number of aromatic nitrogens is 2. The van der Waals surface area contributed by atoms with Crippen LogP contribution in [0.2, 0.25) is 0 Å². The smallest absolute Gasteiger partial charge is 0.258 e. The Morgan fingerprint density at radius 1 is 0.935 bits per heavy atom. The normalized spacial score (nSPS) is 10.6. The van der Waals surface area contributed by atoms with E-state index in [4.69, 9.17) is 9.26 Å². The number of carbonyl (C=O) groups excluding carboxylic acids is 1. The van der Waals surface area contributed by atoms with Crippen LogP contribution in [0.15, 0.2) is 77.3 Å². The molecule has 1 N–H and O–H groups in total. The summed E-state index contributed by atoms with van der Waals surface area (Å²) in [7, 11) is 0. The molecule has 1 heterocycles. The van der Waals surface area contributed by atoms with Gasteiger partial charge in [0.05, 0.1) is 0 Å². The van der Waals surface area contributed by atoms with Crippen LogP contribution < -0.4 is 10.1 Å². The Morgan fingerprint density at radius 3 is 2.35 bits per heavy atom. The van der Waals surface area contributed by atoms with E-state index in [2.05, 4.69) is 15.5 Å². The van der Waals surface area contributed by atoms with E-state index in [1.54, 1.807) is 24.3 Å². The van der Waals surface area contributed by atoms with E-state index in [1.807, 2.05) is 30.3 Å². The van der Waals surface area contributed by atoms with Gasteiger partial charge in [-0.15, -0.1) is 0 Å². The van der Waals surface area contributed by atoms with E-state index in [-0.39, 0.29) is 13.2 Å². The summed E-state index contributed by atoms with van der Waals surface area (Å²) in [6.45, 7) is -0.243. The second-order valence-electron chi connectivity index (χ2n) is 6.66. The lowest BCUT2D eigenvalue weighted by molar-refractivity contribution is -0.123. The first-order valence-electron chi connectivity index (χ1n) is 9.41. The molecule has 0 aliphatic rings. The van der Waals surface area contributed by atoms with E-state index >= 15 is 0 Å². The van der Waals surface area contributed by atoms with E-state index in [0.717, 1.165) is 23.8 Å². The number of nitrogens with zero attached hydrogens (tertiary/aromatic N) is 2. The molecule has 0 unspecified atom stereocenters. The van der Waals surface area contributed by atoms with Gasteiger partial charge >= 0.3 is 0 Å². The molecule has 4 aromatic rings. The van der Waals surface area contributed by atoms with Crippen molar-refractivity contribution in [1.29, 1.82) is 0 Å². The molecule has 1 aromatic heterocycles. The quantitative estimate of drug-likeness (QED) is 0.479. The molecule has 31 heavy (non-hydrogen) atoms. The van der Waals surface area contributed by atoms with Crippen molar-refractivity contribution in [1.82, 2.24) is 15.5 Å². The highest BCUT2D eigenvalue weighted by Crippen LogP contribution is 2.24. The SMILES string of the molecule is O=C(COc1ccc(-c2nc(-c3ccccc3)no2)cc1)NCc1cc(F)cc(F)c1. The summed E-state index contributed by atoms with van der Waals surface area (Å²) in [6.07, 6.45) is 0. The number of nitrogens with one attached hydrogen (secondary N) is 1. The van der Waals surface area contributed by atoms with Gasteiger partial charge in [-0.05, 0) is 42.0 Å². The van der Waals surface area contributed by atoms with Gasteiger partial charge in [0.25, 0.3) is 11.8 Å². The minimum Gasteiger partial charge on any atom is -0.484 e. The van der Waals surface area contributed by atoms with Gasteiger partial charge < -0.3 is 14.6 Å². The van der Waals surface area contributed by atoms with Crippen LogP contribution in [0.1, 0.15) is 5.56 Å². The van der Waals surface area contributed by atoms with Crippen LogP contribution in [-0.4, -0.2) is 22.7 Å². The van der Waals surface area contributed by atoms with Gasteiger partial charge in [0.15, 0.2) is 6.61 Å². The summed E-state index contributed by atoms with van der Waals surface area (Å²) in [5, 5.41) is 6.53. The molecule has 0 saturated carbocycles. The van der Waals surface area contributed by atoms with Crippen molar-refractivity contribution >= 4 is 5.91 Å². The monoisotopic (exact) mass is 421 g/mol. The average molecular weight is 421 g/mol. The fourth-order valence-corrected chi connectivity index (χ4v) is 2.85. The van der Waals surface area contributed by atoms with Crippen LogP contribution in [0.3, 0.4) is 0 Å². The molecule has 0 saturated heterocycles. The highest BCUT2D eigenvalue weighted by molar-refractivity contribution is 5.77. The first-order chi connectivity index (χ1) is 15.1. The summed E-state index contributed by atoms with van der Waals surface area (Å²) < 4.78 is 37.1. The van der Waals surface area contributed by atoms with Gasteiger partial charge in [0.2, 0.25) is 5.82 Å². The summed E-state index contributed by atoms with van der Waals surface area (Å²) in [6, 6.07) is 19.4. The van der Waals surface area contributed by atoms with Crippen LogP contribution in [0, 0.1) is 11.6 Å². The Kier molecular flexibility index (Phi) is 5.98. The number of rotatable bonds is 7. The van der Waals surface area contributed by atoms with Crippen molar-refractivity contribution in [2.24, 2.45) is 0 Å². The topological polar surface area (TPSA) is 77.2 Å². The van der Waals surface area contributed by atoms with Crippen LogP contribution in [-0.2, 0) is 11.3 Å². The molecule has 0 radical (unpaired) electrons. The predicted molar refractivity (Wildman–Crippen MR) is 109 cm³/mol. The van der Waals surface area contributed by atoms with Crippen molar-refractivity contribution in [2.75, 3.05) is 6.61 Å². The second-order valence-corrected chi connectivity index (χ2v) is 6.66. The van der Waals surface area contributed by atoms with Gasteiger partial charge in [0, 0.05) is 23.7 Å². The fraction of sp³-hybridized carbons (Fsp3) is 0.0870. The molecule has 1 amide bonds. The minimum atomic E-state index is -0.697. The van der Waals surface area contributed by atoms with Crippen LogP contribution >= 0.6 is 0 Å². The maximum atomic E-state index is 13.2. The summed E-state index contributed by atoms with van der Waals surface area (Å²) in [5.41, 5.74) is 1.88. The van der Waals surface area contributed by atoms with E-state index < -0.39 is 17.5 Å². The lowest BCUT2D eigenvalue weighted by Gasteiger charge is -2.08. The average Bonchev–Trinajstić information content (AvgIpc) is 3.27. The third kappa shape index (κ3) is 5.30. The molecular formula is C23H17F2N3O3. The van der Waals surface area contributed by atoms with Crippen molar-refractivity contribution in [3.8, 4) is 28.6 Å². The lowest BCUT2D eigenvalue weighted by Crippen LogP contribution is -2.28. The van der Waals surface area contributed by atoms with E-state index in [9.17, 15) is 13.6 Å². The zero-order valence-electron chi connectivity index (χ0n) is 16.2. The molecule has 4 rings (SSSR count). The zero-order chi connectivity index (χ0) is 21.6. The number of benzene rings is 3. The van der Waals surface area contributed by atoms with Gasteiger partial charge in [-0.3, -0.25) is 4.79 Å². The number of carbonyl (C=O) groups is 1. The highest BCUT2D eigenvalue weighted by atomic mass is 19.1. The minimum absolute atomic E-state index is 0.00325. The van der Waals surface area contributed by atoms with Gasteiger partial charge in [-0.1, -0.05) is 35.5 Å². The third-order valence-electron chi connectivity index (χ3n) is 4.34. The van der Waals surface area contributed by atoms with Crippen molar-refractivity contribution in [3.63, 3.8) is 0 Å². The molecule has 0 spiro atoms. The fourth-order valence-electron chi connectivity index (χ4n) is 2.85. The first-order valence-corrected chi connectivity index (χ1v) is 9.41. The molecule has 156 valence electrons. The number of ether oxygens (including phenoxy) is 1. The van der Waals surface area contributed by atoms with E-state index in [0.29, 0.717) is 28.6 Å². The lowest BCUT2D eigenvalue weighted by atomic mass is 10.2. The third-order valence-corrected chi connectivity index (χ3v) is 4.34. The molecule has 0 aliphatic heterocycles. The summed E-state index contributed by atoms with van der Waals surface area (Å²) in [4.78, 5) is 16.3. The standard InChI is InChI=1S/C23H17F2N3O3/c24-18-10-15(11-19(25)12-18)13-26-21(29)14-30-20-8-6-17(7-9-20)23-27-22(28-31-23)16-4-2-1-3-5-16/h1-12H,13-14H2,(H,26,29). The molecular weight excluding hydrogens is 404 g/mol. The van der Waals surface area contributed by atoms with Gasteiger partial charge in [0.1, 0.15) is 17.4 Å². The highest BCUT2D eigenvalue weighted by Gasteiger charge is 2.11. The second kappa shape index (κ2) is 9.17. The number of halogens is 2. The molecule has 0 bridgehead atoms. The van der Waals surface area contributed by atoms with Crippen molar-refractivity contribution < 1.29 is 22.8 Å². The number of hydrogen-bond acceptors (Lipinski definition) is 5. The summed E-state index contributed by atoms with van der Waals surface area (Å²) >= 11 is 0. The Labute approximate surface area is 176 Å². The Balaban J connectivity index is 1.30. The molecule has 3 aromatic carbocycles. The van der Waals surface area contributed by atoms with Crippen LogP contribution in [0.4, 0.5) is 8.78 Å². The van der Waals surface area contributed by atoms with Crippen LogP contribution in [0.5, 0.6) is 5.75 Å². The molecule has 6 nitrogen and oxygen atoms in total. The Morgan fingerprint density at radius 2 is 1.65 bits per heavy atom. The molecule has 8 heteroatoms. The van der Waals surface area contributed by atoms with E-state index in [1.165, 1.54) is 0 Å². The zero-order valence-corrected chi connectivity index (χ0v) is 16.2. The molecule has 0 atom stereocenters. The first kappa shape index (κ1) is 20.2. The van der Waals surface area contributed by atoms with Gasteiger partial charge in [-0.25, -0.2) is 8.78 Å². The summed E-state index contributed by atoms with van der Waals surface area (Å²) in [5.74, 6) is -0.483. The number of amides is 1. The van der Waals surface area contributed by atoms with Gasteiger partial charge in [-0.2, -0.15) is 4.98 Å². The Bertz CT molecular complexity index is 1160. The predicted octanol–water partition coefficient (Wildman–Crippen LogP) is 4.38. The largest absolute Gasteiger partial charge is 0.484 e. The number of hydrogen-bond donors (Lipinski definition) is 1. The van der Waals surface area contributed by atoms with Crippen molar-refractivity contribution in [2.45, 2.75) is 6.54 Å².